The molecule has 0 saturated carbocycles. The van der Waals surface area contributed by atoms with Gasteiger partial charge < -0.3 is 4.90 Å². The van der Waals surface area contributed by atoms with E-state index in [2.05, 4.69) is 11.8 Å². The van der Waals surface area contributed by atoms with Crippen LogP contribution in [0.4, 0.5) is 10.1 Å². The quantitative estimate of drug-likeness (QED) is 0.762. The molecule has 1 unspecified atom stereocenters. The van der Waals surface area contributed by atoms with Crippen LogP contribution in [0.2, 0.25) is 0 Å². The van der Waals surface area contributed by atoms with Gasteiger partial charge in [-0.25, -0.2) is 4.39 Å². The highest BCUT2D eigenvalue weighted by Gasteiger charge is 2.25. The molecular formula is C13H15FN2. The molecule has 2 nitrogen and oxygen atoms in total. The van der Waals surface area contributed by atoms with Crippen molar-refractivity contribution >= 4 is 5.69 Å². The maximum absolute atomic E-state index is 13.5. The van der Waals surface area contributed by atoms with Crippen molar-refractivity contribution in [3.05, 3.63) is 29.6 Å². The topological polar surface area (TPSA) is 27.0 Å². The van der Waals surface area contributed by atoms with E-state index in [1.54, 1.807) is 6.07 Å². The third kappa shape index (κ3) is 1.76. The number of benzene rings is 1. The first-order valence-electron chi connectivity index (χ1n) is 5.73. The second-order valence-electron chi connectivity index (χ2n) is 4.14. The highest BCUT2D eigenvalue weighted by atomic mass is 19.1. The molecule has 3 heteroatoms. The highest BCUT2D eigenvalue weighted by Crippen LogP contribution is 2.30. The van der Waals surface area contributed by atoms with Gasteiger partial charge in [0.1, 0.15) is 17.4 Å². The largest absolute Gasteiger partial charge is 0.367 e. The summed E-state index contributed by atoms with van der Waals surface area (Å²) in [5.41, 5.74) is 0.940. The van der Waals surface area contributed by atoms with Gasteiger partial charge in [0.15, 0.2) is 0 Å². The molecule has 84 valence electrons. The lowest BCUT2D eigenvalue weighted by Crippen LogP contribution is -2.29. The molecule has 2 rings (SSSR count). The number of hydrogen-bond acceptors (Lipinski definition) is 2. The van der Waals surface area contributed by atoms with Gasteiger partial charge in [0, 0.05) is 12.6 Å². The molecule has 0 bridgehead atoms. The van der Waals surface area contributed by atoms with Gasteiger partial charge in [-0.2, -0.15) is 5.26 Å². The lowest BCUT2D eigenvalue weighted by molar-refractivity contribution is 0.616. The summed E-state index contributed by atoms with van der Waals surface area (Å²) in [6, 6.07) is 7.29. The summed E-state index contributed by atoms with van der Waals surface area (Å²) < 4.78 is 13.5. The van der Waals surface area contributed by atoms with E-state index < -0.39 is 5.82 Å². The Morgan fingerprint density at radius 1 is 1.56 bits per heavy atom. The van der Waals surface area contributed by atoms with E-state index in [1.807, 2.05) is 12.1 Å². The third-order valence-electron chi connectivity index (χ3n) is 3.26. The molecular weight excluding hydrogens is 203 g/mol. The fourth-order valence-electron chi connectivity index (χ4n) is 2.44. The molecule has 1 fully saturated rings. The summed E-state index contributed by atoms with van der Waals surface area (Å²) in [4.78, 5) is 2.17. The number of rotatable bonds is 2. The minimum atomic E-state index is -0.415. The van der Waals surface area contributed by atoms with Gasteiger partial charge in [0.05, 0.1) is 5.69 Å². The van der Waals surface area contributed by atoms with E-state index in [4.69, 9.17) is 5.26 Å². The van der Waals surface area contributed by atoms with Gasteiger partial charge in [0.2, 0.25) is 0 Å². The molecule has 1 aromatic rings. The molecule has 0 aromatic heterocycles. The second-order valence-corrected chi connectivity index (χ2v) is 4.14. The Hall–Kier alpha value is -1.56. The van der Waals surface area contributed by atoms with Crippen LogP contribution in [0.3, 0.4) is 0 Å². The summed E-state index contributed by atoms with van der Waals surface area (Å²) >= 11 is 0. The summed E-state index contributed by atoms with van der Waals surface area (Å²) in [5, 5.41) is 9.00. The molecule has 1 aromatic carbocycles. The van der Waals surface area contributed by atoms with Crippen molar-refractivity contribution in [3.63, 3.8) is 0 Å². The van der Waals surface area contributed by atoms with Gasteiger partial charge in [-0.3, -0.25) is 0 Å². The zero-order chi connectivity index (χ0) is 11.5. The first kappa shape index (κ1) is 10.9. The SMILES string of the molecule is CCC1CCCN1c1cccc(F)c1C#N. The predicted octanol–water partition coefficient (Wildman–Crippen LogP) is 3.08. The van der Waals surface area contributed by atoms with Crippen molar-refractivity contribution in [2.24, 2.45) is 0 Å². The van der Waals surface area contributed by atoms with Crippen LogP contribution in [0.1, 0.15) is 31.7 Å². The minimum absolute atomic E-state index is 0.183. The Bertz CT molecular complexity index is 422. The van der Waals surface area contributed by atoms with E-state index in [9.17, 15) is 4.39 Å². The first-order chi connectivity index (χ1) is 7.77. The Balaban J connectivity index is 2.40. The zero-order valence-electron chi connectivity index (χ0n) is 9.41. The Labute approximate surface area is 95.3 Å². The van der Waals surface area contributed by atoms with E-state index >= 15 is 0 Å². The zero-order valence-corrected chi connectivity index (χ0v) is 9.41. The Morgan fingerprint density at radius 3 is 3.06 bits per heavy atom. The molecule has 0 N–H and O–H groups in total. The molecule has 0 radical (unpaired) electrons. The maximum atomic E-state index is 13.5. The minimum Gasteiger partial charge on any atom is -0.367 e. The molecule has 0 aliphatic carbocycles. The molecule has 1 saturated heterocycles. The van der Waals surface area contributed by atoms with Crippen molar-refractivity contribution in [2.45, 2.75) is 32.2 Å². The number of nitriles is 1. The van der Waals surface area contributed by atoms with Gasteiger partial charge >= 0.3 is 0 Å². The summed E-state index contributed by atoms with van der Waals surface area (Å²) in [6.07, 6.45) is 3.30. The van der Waals surface area contributed by atoms with Crippen LogP contribution >= 0.6 is 0 Å². The molecule has 0 spiro atoms. The molecule has 1 heterocycles. The van der Waals surface area contributed by atoms with Crippen LogP contribution in [0.5, 0.6) is 0 Å². The second kappa shape index (κ2) is 4.52. The van der Waals surface area contributed by atoms with Gasteiger partial charge in [-0.15, -0.1) is 0 Å². The number of anilines is 1. The van der Waals surface area contributed by atoms with Crippen molar-refractivity contribution in [3.8, 4) is 6.07 Å². The number of halogens is 1. The molecule has 0 amide bonds. The number of nitrogens with zero attached hydrogens (tertiary/aromatic N) is 2. The van der Waals surface area contributed by atoms with E-state index in [-0.39, 0.29) is 5.56 Å². The number of hydrogen-bond donors (Lipinski definition) is 0. The van der Waals surface area contributed by atoms with E-state index in [0.717, 1.165) is 31.5 Å². The van der Waals surface area contributed by atoms with Gasteiger partial charge in [0.25, 0.3) is 0 Å². The van der Waals surface area contributed by atoms with Crippen molar-refractivity contribution < 1.29 is 4.39 Å². The fraction of sp³-hybridized carbons (Fsp3) is 0.462. The molecule has 1 atom stereocenters. The van der Waals surface area contributed by atoms with Crippen molar-refractivity contribution in [1.82, 2.24) is 0 Å². The first-order valence-corrected chi connectivity index (χ1v) is 5.73. The highest BCUT2D eigenvalue weighted by molar-refractivity contribution is 5.60. The molecule has 1 aliphatic heterocycles. The summed E-state index contributed by atoms with van der Waals surface area (Å²) in [7, 11) is 0. The van der Waals surface area contributed by atoms with Crippen LogP contribution in [0, 0.1) is 17.1 Å². The lowest BCUT2D eigenvalue weighted by atomic mass is 10.1. The van der Waals surface area contributed by atoms with Gasteiger partial charge in [-0.1, -0.05) is 13.0 Å². The smallest absolute Gasteiger partial charge is 0.143 e. The maximum Gasteiger partial charge on any atom is 0.143 e. The molecule has 1 aliphatic rings. The monoisotopic (exact) mass is 218 g/mol. The fourth-order valence-corrected chi connectivity index (χ4v) is 2.44. The van der Waals surface area contributed by atoms with Crippen molar-refractivity contribution in [1.29, 1.82) is 5.26 Å². The lowest BCUT2D eigenvalue weighted by Gasteiger charge is -2.26. The van der Waals surface area contributed by atoms with E-state index in [0.29, 0.717) is 6.04 Å². The van der Waals surface area contributed by atoms with Crippen LogP contribution < -0.4 is 4.90 Å². The van der Waals surface area contributed by atoms with Crippen LogP contribution in [0.25, 0.3) is 0 Å². The third-order valence-corrected chi connectivity index (χ3v) is 3.26. The van der Waals surface area contributed by atoms with Crippen LogP contribution in [-0.2, 0) is 0 Å². The molecule has 16 heavy (non-hydrogen) atoms. The predicted molar refractivity (Wildman–Crippen MR) is 61.8 cm³/mol. The standard InChI is InChI=1S/C13H15FN2/c1-2-10-5-4-8-16(10)13-7-3-6-12(14)11(13)9-15/h3,6-7,10H,2,4-5,8H2,1H3. The van der Waals surface area contributed by atoms with Gasteiger partial charge in [-0.05, 0) is 31.4 Å². The average molecular weight is 218 g/mol. The summed E-state index contributed by atoms with van der Waals surface area (Å²) in [6.45, 7) is 3.06. The van der Waals surface area contributed by atoms with Crippen molar-refractivity contribution in [2.75, 3.05) is 11.4 Å². The Kier molecular flexibility index (Phi) is 3.09. The summed E-state index contributed by atoms with van der Waals surface area (Å²) in [5.74, 6) is -0.415. The van der Waals surface area contributed by atoms with Crippen LogP contribution in [0.15, 0.2) is 18.2 Å². The average Bonchev–Trinajstić information content (AvgIpc) is 2.76. The van der Waals surface area contributed by atoms with Crippen LogP contribution in [-0.4, -0.2) is 12.6 Å². The Morgan fingerprint density at radius 2 is 2.38 bits per heavy atom. The normalized spacial score (nSPS) is 19.8. The van der Waals surface area contributed by atoms with E-state index in [1.165, 1.54) is 6.07 Å².